The number of hydrogen-bond acceptors (Lipinski definition) is 4. The van der Waals surface area contributed by atoms with E-state index in [-0.39, 0.29) is 18.2 Å². The molecule has 4 rings (SSSR count). The molecule has 1 amide bonds. The van der Waals surface area contributed by atoms with Crippen molar-refractivity contribution in [1.82, 2.24) is 5.32 Å². The van der Waals surface area contributed by atoms with Crippen molar-refractivity contribution >= 4 is 18.0 Å². The third-order valence-electron chi connectivity index (χ3n) is 5.44. The summed E-state index contributed by atoms with van der Waals surface area (Å²) in [4.78, 5) is 23.7. The molecule has 3 aromatic carbocycles. The minimum Gasteiger partial charge on any atom is -0.449 e. The van der Waals surface area contributed by atoms with Crippen LogP contribution in [0.3, 0.4) is 0 Å². The molecule has 0 saturated heterocycles. The Hall–Kier alpha value is -3.70. The second kappa shape index (κ2) is 9.41. The standard InChI is InChI=1S/C26H24N2O3/c27-16-25(29)19-13-11-18(12-14-19)6-5-15-28-26(30)31-17-24-22-9-3-1-7-20(22)21-8-2-4-10-23(21)24/h1-14,24H,15-17,27H2,(H,28,30). The maximum absolute atomic E-state index is 12.2. The zero-order valence-electron chi connectivity index (χ0n) is 17.1. The Labute approximate surface area is 181 Å². The number of ketones is 1. The van der Waals surface area contributed by atoms with Gasteiger partial charge < -0.3 is 15.8 Å². The molecular weight excluding hydrogens is 388 g/mol. The van der Waals surface area contributed by atoms with Crippen LogP contribution in [0.1, 0.15) is 33.0 Å². The summed E-state index contributed by atoms with van der Waals surface area (Å²) in [6, 6.07) is 23.7. The summed E-state index contributed by atoms with van der Waals surface area (Å²) in [5.74, 6) is -0.0455. The Morgan fingerprint density at radius 1 is 0.903 bits per heavy atom. The Bertz CT molecular complexity index is 1070. The number of alkyl carbamates (subject to hydrolysis) is 1. The molecule has 3 N–H and O–H groups in total. The number of benzene rings is 3. The summed E-state index contributed by atoms with van der Waals surface area (Å²) in [7, 11) is 0. The maximum Gasteiger partial charge on any atom is 0.407 e. The van der Waals surface area contributed by atoms with Gasteiger partial charge in [0, 0.05) is 18.0 Å². The third-order valence-corrected chi connectivity index (χ3v) is 5.44. The van der Waals surface area contributed by atoms with Crippen molar-refractivity contribution < 1.29 is 14.3 Å². The second-order valence-electron chi connectivity index (χ2n) is 7.36. The molecule has 0 heterocycles. The van der Waals surface area contributed by atoms with Gasteiger partial charge >= 0.3 is 6.09 Å². The zero-order valence-corrected chi connectivity index (χ0v) is 17.1. The first-order valence-corrected chi connectivity index (χ1v) is 10.3. The van der Waals surface area contributed by atoms with Gasteiger partial charge in [0.15, 0.2) is 5.78 Å². The van der Waals surface area contributed by atoms with E-state index in [4.69, 9.17) is 10.5 Å². The van der Waals surface area contributed by atoms with E-state index >= 15 is 0 Å². The van der Waals surface area contributed by atoms with Gasteiger partial charge in [-0.25, -0.2) is 4.79 Å². The highest BCUT2D eigenvalue weighted by atomic mass is 16.5. The van der Waals surface area contributed by atoms with Gasteiger partial charge in [-0.05, 0) is 27.8 Å². The lowest BCUT2D eigenvalue weighted by atomic mass is 9.98. The highest BCUT2D eigenvalue weighted by Crippen LogP contribution is 2.44. The van der Waals surface area contributed by atoms with Crippen LogP contribution in [0, 0.1) is 0 Å². The van der Waals surface area contributed by atoms with Gasteiger partial charge in [0.1, 0.15) is 6.61 Å². The Kier molecular flexibility index (Phi) is 6.24. The highest BCUT2D eigenvalue weighted by Gasteiger charge is 2.28. The number of nitrogens with two attached hydrogens (primary N) is 1. The van der Waals surface area contributed by atoms with Gasteiger partial charge in [-0.1, -0.05) is 84.9 Å². The third kappa shape index (κ3) is 4.57. The first-order chi connectivity index (χ1) is 15.2. The zero-order chi connectivity index (χ0) is 21.6. The fraction of sp³-hybridized carbons (Fsp3) is 0.154. The number of ether oxygens (including phenoxy) is 1. The average Bonchev–Trinajstić information content (AvgIpc) is 3.14. The van der Waals surface area contributed by atoms with E-state index in [1.165, 1.54) is 22.3 Å². The van der Waals surface area contributed by atoms with E-state index in [2.05, 4.69) is 29.6 Å². The summed E-state index contributed by atoms with van der Waals surface area (Å²) < 4.78 is 5.51. The molecule has 0 bridgehead atoms. The monoisotopic (exact) mass is 412 g/mol. The smallest absolute Gasteiger partial charge is 0.407 e. The fourth-order valence-corrected chi connectivity index (χ4v) is 3.88. The Balaban J connectivity index is 1.29. The normalized spacial score (nSPS) is 12.4. The van der Waals surface area contributed by atoms with Crippen molar-refractivity contribution in [2.24, 2.45) is 5.73 Å². The molecule has 3 aromatic rings. The van der Waals surface area contributed by atoms with Crippen LogP contribution >= 0.6 is 0 Å². The minimum atomic E-state index is -0.449. The van der Waals surface area contributed by atoms with Crippen LogP contribution in [0.4, 0.5) is 4.79 Å². The van der Waals surface area contributed by atoms with Crippen LogP contribution in [-0.2, 0) is 4.74 Å². The molecule has 0 spiro atoms. The minimum absolute atomic E-state index is 0.000750. The van der Waals surface area contributed by atoms with E-state index in [9.17, 15) is 9.59 Å². The van der Waals surface area contributed by atoms with Crippen molar-refractivity contribution in [3.05, 3.63) is 101 Å². The van der Waals surface area contributed by atoms with Crippen molar-refractivity contribution in [1.29, 1.82) is 0 Å². The Morgan fingerprint density at radius 2 is 1.52 bits per heavy atom. The van der Waals surface area contributed by atoms with Crippen LogP contribution in [0.15, 0.2) is 78.9 Å². The second-order valence-corrected chi connectivity index (χ2v) is 7.36. The van der Waals surface area contributed by atoms with Gasteiger partial charge in [-0.3, -0.25) is 4.79 Å². The summed E-state index contributed by atoms with van der Waals surface area (Å²) in [5, 5.41) is 2.74. The first-order valence-electron chi connectivity index (χ1n) is 10.3. The van der Waals surface area contributed by atoms with Crippen molar-refractivity contribution in [2.45, 2.75) is 5.92 Å². The lowest BCUT2D eigenvalue weighted by Gasteiger charge is -2.14. The van der Waals surface area contributed by atoms with Gasteiger partial charge in [0.25, 0.3) is 0 Å². The molecule has 0 aliphatic heterocycles. The molecule has 5 heteroatoms. The number of Topliss-reactive ketones (excluding diaryl/α,β-unsaturated/α-hetero) is 1. The molecule has 0 saturated carbocycles. The van der Waals surface area contributed by atoms with E-state index in [1.807, 2.05) is 48.6 Å². The van der Waals surface area contributed by atoms with Gasteiger partial charge in [0.05, 0.1) is 6.54 Å². The van der Waals surface area contributed by atoms with Crippen LogP contribution in [-0.4, -0.2) is 31.6 Å². The Morgan fingerprint density at radius 3 is 2.13 bits per heavy atom. The van der Waals surface area contributed by atoms with Gasteiger partial charge in [-0.2, -0.15) is 0 Å². The number of nitrogens with one attached hydrogen (secondary N) is 1. The number of amides is 1. The van der Waals surface area contributed by atoms with Crippen LogP contribution in [0.25, 0.3) is 17.2 Å². The number of rotatable bonds is 7. The summed E-state index contributed by atoms with van der Waals surface area (Å²) in [6.45, 7) is 0.639. The van der Waals surface area contributed by atoms with Crippen molar-refractivity contribution in [3.8, 4) is 11.1 Å². The quantitative estimate of drug-likeness (QED) is 0.564. The molecule has 0 fully saturated rings. The van der Waals surface area contributed by atoms with Gasteiger partial charge in [-0.15, -0.1) is 0 Å². The summed E-state index contributed by atoms with van der Waals surface area (Å²) in [6.07, 6.45) is 3.26. The molecule has 1 aliphatic carbocycles. The molecule has 0 radical (unpaired) electrons. The predicted molar refractivity (Wildman–Crippen MR) is 122 cm³/mol. The SMILES string of the molecule is NCC(=O)c1ccc(C=CCNC(=O)OCC2c3ccccc3-c3ccccc32)cc1. The van der Waals surface area contributed by atoms with Gasteiger partial charge in [0.2, 0.25) is 0 Å². The molecule has 0 atom stereocenters. The van der Waals surface area contributed by atoms with E-state index < -0.39 is 6.09 Å². The van der Waals surface area contributed by atoms with Crippen LogP contribution in [0.2, 0.25) is 0 Å². The van der Waals surface area contributed by atoms with Crippen molar-refractivity contribution in [3.63, 3.8) is 0 Å². The largest absolute Gasteiger partial charge is 0.449 e. The number of hydrogen-bond donors (Lipinski definition) is 2. The van der Waals surface area contributed by atoms with E-state index in [1.54, 1.807) is 12.1 Å². The predicted octanol–water partition coefficient (Wildman–Crippen LogP) is 4.38. The summed E-state index contributed by atoms with van der Waals surface area (Å²) in [5.41, 5.74) is 11.7. The molecule has 1 aliphatic rings. The van der Waals surface area contributed by atoms with Crippen LogP contribution in [0.5, 0.6) is 0 Å². The molecule has 0 unspecified atom stereocenters. The number of carbonyl (C=O) groups excluding carboxylic acids is 2. The molecule has 31 heavy (non-hydrogen) atoms. The average molecular weight is 412 g/mol. The topological polar surface area (TPSA) is 81.4 Å². The van der Waals surface area contributed by atoms with Crippen LogP contribution < -0.4 is 11.1 Å². The van der Waals surface area contributed by atoms with Crippen molar-refractivity contribution in [2.75, 3.05) is 19.7 Å². The maximum atomic E-state index is 12.2. The lowest BCUT2D eigenvalue weighted by molar-refractivity contribution is 0.100. The highest BCUT2D eigenvalue weighted by molar-refractivity contribution is 5.97. The van der Waals surface area contributed by atoms with E-state index in [0.29, 0.717) is 18.7 Å². The van der Waals surface area contributed by atoms with E-state index in [0.717, 1.165) is 5.56 Å². The number of carbonyl (C=O) groups is 2. The summed E-state index contributed by atoms with van der Waals surface area (Å²) >= 11 is 0. The fourth-order valence-electron chi connectivity index (χ4n) is 3.88. The molecule has 0 aromatic heterocycles. The lowest BCUT2D eigenvalue weighted by Crippen LogP contribution is -2.26. The first kappa shape index (κ1) is 20.6. The number of fused-ring (bicyclic) bond motifs is 3. The molecular formula is C26H24N2O3. The molecule has 156 valence electrons. The molecule has 5 nitrogen and oxygen atoms in total.